The van der Waals surface area contributed by atoms with Crippen LogP contribution in [0.3, 0.4) is 0 Å². The highest BCUT2D eigenvalue weighted by Crippen LogP contribution is 2.28. The van der Waals surface area contributed by atoms with Gasteiger partial charge in [-0.1, -0.05) is 0 Å². The summed E-state index contributed by atoms with van der Waals surface area (Å²) in [6.07, 6.45) is 1.78. The van der Waals surface area contributed by atoms with Gasteiger partial charge in [-0.25, -0.2) is 9.37 Å². The van der Waals surface area contributed by atoms with E-state index in [9.17, 15) is 9.18 Å². The maximum Gasteiger partial charge on any atom is 0.217 e. The van der Waals surface area contributed by atoms with Gasteiger partial charge in [-0.2, -0.15) is 0 Å². The molecule has 0 fully saturated rings. The van der Waals surface area contributed by atoms with Crippen molar-refractivity contribution in [3.63, 3.8) is 0 Å². The van der Waals surface area contributed by atoms with E-state index in [4.69, 9.17) is 17.3 Å². The zero-order valence-corrected chi connectivity index (χ0v) is 13.9. The van der Waals surface area contributed by atoms with Crippen LogP contribution in [-0.4, -0.2) is 15.5 Å². The van der Waals surface area contributed by atoms with Gasteiger partial charge in [0.05, 0.1) is 20.9 Å². The number of nitrogens with two attached hydrogens (primary N) is 1. The first kappa shape index (κ1) is 16.2. The number of fused-ring (bicyclic) bond motifs is 1. The van der Waals surface area contributed by atoms with Crippen LogP contribution in [0.5, 0.6) is 0 Å². The van der Waals surface area contributed by atoms with Crippen LogP contribution in [0, 0.1) is 5.82 Å². The summed E-state index contributed by atoms with van der Waals surface area (Å²) in [6.45, 7) is 2.45. The van der Waals surface area contributed by atoms with Crippen molar-refractivity contribution in [2.75, 3.05) is 0 Å². The highest BCUT2D eigenvalue weighted by atomic mass is 79.9. The third-order valence-electron chi connectivity index (χ3n) is 3.23. The molecular weight excluding hydrogens is 361 g/mol. The van der Waals surface area contributed by atoms with Crippen LogP contribution in [0.4, 0.5) is 4.39 Å². The molecule has 4 nitrogen and oxygen atoms in total. The summed E-state index contributed by atoms with van der Waals surface area (Å²) in [6, 6.07) is 3.09. The largest absolute Gasteiger partial charge is 0.370 e. The second-order valence-corrected chi connectivity index (χ2v) is 6.43. The van der Waals surface area contributed by atoms with E-state index in [2.05, 4.69) is 20.9 Å². The van der Waals surface area contributed by atoms with E-state index < -0.39 is 0 Å². The Bertz CT molecular complexity index is 672. The molecule has 2 N–H and O–H groups in total. The van der Waals surface area contributed by atoms with Crippen molar-refractivity contribution in [1.29, 1.82) is 0 Å². The van der Waals surface area contributed by atoms with Gasteiger partial charge in [-0.05, 0) is 41.8 Å². The number of benzene rings is 1. The Hall–Kier alpha value is -1.14. The first-order chi connectivity index (χ1) is 9.90. The standard InChI is InChI=1S/C14H16BrClFN3O/c1-8(16)14-19-11-6-9(15)10(17)7-12(11)20(14)5-3-2-4-13(18)21/h6-8H,2-5H2,1H3,(H2,18,21). The molecular formula is C14H16BrClFN3O. The lowest BCUT2D eigenvalue weighted by Crippen LogP contribution is -2.11. The van der Waals surface area contributed by atoms with E-state index in [1.807, 2.05) is 11.5 Å². The van der Waals surface area contributed by atoms with Gasteiger partial charge in [0, 0.05) is 19.0 Å². The fourth-order valence-electron chi connectivity index (χ4n) is 2.25. The fourth-order valence-corrected chi connectivity index (χ4v) is 2.74. The van der Waals surface area contributed by atoms with Gasteiger partial charge in [0.1, 0.15) is 11.6 Å². The summed E-state index contributed by atoms with van der Waals surface area (Å²) in [5.41, 5.74) is 6.52. The van der Waals surface area contributed by atoms with E-state index in [0.29, 0.717) is 40.7 Å². The average molecular weight is 377 g/mol. The number of imidazole rings is 1. The van der Waals surface area contributed by atoms with Crippen LogP contribution in [0.25, 0.3) is 11.0 Å². The number of alkyl halides is 1. The molecule has 1 unspecified atom stereocenters. The predicted octanol–water partition coefficient (Wildman–Crippen LogP) is 3.89. The molecule has 0 bridgehead atoms. The lowest BCUT2D eigenvalue weighted by molar-refractivity contribution is -0.118. The summed E-state index contributed by atoms with van der Waals surface area (Å²) in [5.74, 6) is 0.0456. The lowest BCUT2D eigenvalue weighted by atomic mass is 10.2. The minimum Gasteiger partial charge on any atom is -0.370 e. The first-order valence-electron chi connectivity index (χ1n) is 6.67. The van der Waals surface area contributed by atoms with Gasteiger partial charge in [0.2, 0.25) is 5.91 Å². The molecule has 2 rings (SSSR count). The number of unbranched alkanes of at least 4 members (excludes halogenated alkanes) is 1. The Morgan fingerprint density at radius 1 is 1.52 bits per heavy atom. The van der Waals surface area contributed by atoms with Gasteiger partial charge in [0.15, 0.2) is 0 Å². The number of carbonyl (C=O) groups excluding carboxylic acids is 1. The maximum absolute atomic E-state index is 13.8. The van der Waals surface area contributed by atoms with Crippen molar-refractivity contribution in [3.8, 4) is 0 Å². The van der Waals surface area contributed by atoms with E-state index in [0.717, 1.165) is 6.42 Å². The summed E-state index contributed by atoms with van der Waals surface area (Å²) >= 11 is 9.32. The number of hydrogen-bond acceptors (Lipinski definition) is 2. The van der Waals surface area contributed by atoms with Crippen molar-refractivity contribution in [2.45, 2.75) is 38.1 Å². The second kappa shape index (κ2) is 6.75. The predicted molar refractivity (Wildman–Crippen MR) is 84.7 cm³/mol. The Balaban J connectivity index is 2.32. The molecule has 0 radical (unpaired) electrons. The van der Waals surface area contributed by atoms with Crippen molar-refractivity contribution >= 4 is 44.5 Å². The number of aromatic nitrogens is 2. The molecule has 1 heterocycles. The molecule has 1 aromatic heterocycles. The number of halogens is 3. The number of hydrogen-bond donors (Lipinski definition) is 1. The van der Waals surface area contributed by atoms with Crippen molar-refractivity contribution in [1.82, 2.24) is 9.55 Å². The normalized spacial score (nSPS) is 12.8. The maximum atomic E-state index is 13.8. The topological polar surface area (TPSA) is 60.9 Å². The second-order valence-electron chi connectivity index (χ2n) is 4.92. The van der Waals surface area contributed by atoms with E-state index >= 15 is 0 Å². The molecule has 2 aromatic rings. The van der Waals surface area contributed by atoms with E-state index in [-0.39, 0.29) is 17.1 Å². The molecule has 0 aliphatic heterocycles. The molecule has 0 saturated carbocycles. The molecule has 1 aromatic carbocycles. The monoisotopic (exact) mass is 375 g/mol. The smallest absolute Gasteiger partial charge is 0.217 e. The van der Waals surface area contributed by atoms with Gasteiger partial charge < -0.3 is 10.3 Å². The zero-order chi connectivity index (χ0) is 15.6. The Kier molecular flexibility index (Phi) is 5.22. The third kappa shape index (κ3) is 3.74. The van der Waals surface area contributed by atoms with E-state index in [1.54, 1.807) is 6.07 Å². The average Bonchev–Trinajstić information content (AvgIpc) is 2.73. The zero-order valence-electron chi connectivity index (χ0n) is 11.6. The molecule has 0 saturated heterocycles. The summed E-state index contributed by atoms with van der Waals surface area (Å²) in [5, 5.41) is -0.282. The van der Waals surface area contributed by atoms with Crippen LogP contribution in [0.1, 0.15) is 37.4 Å². The Labute approximate surface area is 135 Å². The van der Waals surface area contributed by atoms with Crippen molar-refractivity contribution < 1.29 is 9.18 Å². The Morgan fingerprint density at radius 3 is 2.86 bits per heavy atom. The van der Waals surface area contributed by atoms with Crippen LogP contribution in [0.2, 0.25) is 0 Å². The van der Waals surface area contributed by atoms with Crippen LogP contribution in [0.15, 0.2) is 16.6 Å². The van der Waals surface area contributed by atoms with Gasteiger partial charge in [-0.3, -0.25) is 4.79 Å². The van der Waals surface area contributed by atoms with Crippen molar-refractivity contribution in [2.24, 2.45) is 5.73 Å². The number of carbonyl (C=O) groups is 1. The third-order valence-corrected chi connectivity index (χ3v) is 4.03. The molecule has 0 aliphatic carbocycles. The van der Waals surface area contributed by atoms with Crippen LogP contribution in [-0.2, 0) is 11.3 Å². The molecule has 1 atom stereocenters. The summed E-state index contributed by atoms with van der Waals surface area (Å²) < 4.78 is 16.0. The van der Waals surface area contributed by atoms with Gasteiger partial charge in [-0.15, -0.1) is 11.6 Å². The quantitative estimate of drug-likeness (QED) is 0.614. The Morgan fingerprint density at radius 2 is 2.24 bits per heavy atom. The molecule has 0 spiro atoms. The first-order valence-corrected chi connectivity index (χ1v) is 7.90. The highest BCUT2D eigenvalue weighted by molar-refractivity contribution is 9.10. The number of amides is 1. The fraction of sp³-hybridized carbons (Fsp3) is 0.429. The highest BCUT2D eigenvalue weighted by Gasteiger charge is 2.16. The van der Waals surface area contributed by atoms with Crippen molar-refractivity contribution in [3.05, 3.63) is 28.2 Å². The summed E-state index contributed by atoms with van der Waals surface area (Å²) in [4.78, 5) is 15.2. The number of aryl methyl sites for hydroxylation is 1. The van der Waals surface area contributed by atoms with Crippen LogP contribution < -0.4 is 5.73 Å². The van der Waals surface area contributed by atoms with Crippen LogP contribution >= 0.6 is 27.5 Å². The molecule has 114 valence electrons. The van der Waals surface area contributed by atoms with E-state index in [1.165, 1.54) is 6.07 Å². The molecule has 0 aliphatic rings. The lowest BCUT2D eigenvalue weighted by Gasteiger charge is -2.10. The summed E-state index contributed by atoms with van der Waals surface area (Å²) in [7, 11) is 0. The molecule has 1 amide bonds. The number of rotatable bonds is 6. The molecule has 7 heteroatoms. The van der Waals surface area contributed by atoms with Gasteiger partial charge in [0.25, 0.3) is 0 Å². The SMILES string of the molecule is CC(Cl)c1nc2cc(Br)c(F)cc2n1CCCCC(N)=O. The molecule has 21 heavy (non-hydrogen) atoms. The number of nitrogens with zero attached hydrogens (tertiary/aromatic N) is 2. The minimum absolute atomic E-state index is 0.282. The number of primary amides is 1. The van der Waals surface area contributed by atoms with Gasteiger partial charge >= 0.3 is 0 Å². The minimum atomic E-state index is -0.338.